The van der Waals surface area contributed by atoms with Gasteiger partial charge in [-0.15, -0.1) is 0 Å². The molecule has 0 bridgehead atoms. The summed E-state index contributed by atoms with van der Waals surface area (Å²) in [6.07, 6.45) is 1.64. The molecular weight excluding hydrogens is 232 g/mol. The predicted molar refractivity (Wildman–Crippen MR) is 66.8 cm³/mol. The number of likely N-dealkylation sites (tertiary alicyclic amines) is 1. The summed E-state index contributed by atoms with van der Waals surface area (Å²) < 4.78 is 5.43. The van der Waals surface area contributed by atoms with Crippen molar-refractivity contribution in [1.82, 2.24) is 4.90 Å². The molecule has 1 aliphatic rings. The number of hydrogen-bond acceptors (Lipinski definition) is 4. The maximum absolute atomic E-state index is 11.9. The predicted octanol–water partition coefficient (Wildman–Crippen LogP) is 0.947. The number of rotatable bonds is 4. The van der Waals surface area contributed by atoms with E-state index in [4.69, 9.17) is 15.5 Å². The molecule has 0 aliphatic carbocycles. The Balaban J connectivity index is 1.75. The number of amides is 1. The van der Waals surface area contributed by atoms with Gasteiger partial charge in [0.15, 0.2) is 6.61 Å². The van der Waals surface area contributed by atoms with E-state index in [1.54, 1.807) is 4.90 Å². The number of nitrogens with zero attached hydrogens (tertiary/aromatic N) is 1. The lowest BCUT2D eigenvalue weighted by atomic mass is 10.1. The van der Waals surface area contributed by atoms with Crippen molar-refractivity contribution in [3.8, 4) is 5.75 Å². The highest BCUT2D eigenvalue weighted by atomic mass is 16.6. The fourth-order valence-electron chi connectivity index (χ4n) is 1.99. The summed E-state index contributed by atoms with van der Waals surface area (Å²) in [5.74, 6) is 5.85. The van der Waals surface area contributed by atoms with E-state index in [0.717, 1.165) is 12.8 Å². The third-order valence-electron chi connectivity index (χ3n) is 3.09. The Labute approximate surface area is 106 Å². The minimum absolute atomic E-state index is 0.00863. The molecule has 0 aromatic heterocycles. The lowest BCUT2D eigenvalue weighted by molar-refractivity contribution is -0.136. The smallest absolute Gasteiger partial charge is 0.260 e. The summed E-state index contributed by atoms with van der Waals surface area (Å²) in [5.41, 5.74) is 0. The first kappa shape index (κ1) is 12.9. The van der Waals surface area contributed by atoms with Gasteiger partial charge < -0.3 is 14.5 Å². The van der Waals surface area contributed by atoms with Gasteiger partial charge in [0, 0.05) is 13.1 Å². The highest BCUT2D eigenvalue weighted by molar-refractivity contribution is 5.77. The zero-order chi connectivity index (χ0) is 12.8. The molecule has 1 heterocycles. The van der Waals surface area contributed by atoms with Gasteiger partial charge in [-0.2, -0.15) is 0 Å². The van der Waals surface area contributed by atoms with Gasteiger partial charge in [0.1, 0.15) is 5.75 Å². The number of hydrogen-bond donors (Lipinski definition) is 1. The number of carbonyl (C=O) groups is 1. The zero-order valence-electron chi connectivity index (χ0n) is 10.2. The third kappa shape index (κ3) is 3.45. The fraction of sp³-hybridized carbons (Fsp3) is 0.462. The van der Waals surface area contributed by atoms with Crippen LogP contribution in [0.5, 0.6) is 5.75 Å². The van der Waals surface area contributed by atoms with Gasteiger partial charge in [-0.25, -0.2) is 5.90 Å². The second kappa shape index (κ2) is 6.37. The molecule has 0 spiro atoms. The molecule has 2 N–H and O–H groups in total. The topological polar surface area (TPSA) is 64.8 Å². The SMILES string of the molecule is NOC1CCN(C(=O)COc2ccccc2)CC1. The number of ether oxygens (including phenoxy) is 1. The summed E-state index contributed by atoms with van der Waals surface area (Å²) in [6, 6.07) is 9.34. The average molecular weight is 250 g/mol. The molecule has 1 aromatic rings. The second-order valence-electron chi connectivity index (χ2n) is 4.32. The van der Waals surface area contributed by atoms with Crippen LogP contribution in [0, 0.1) is 0 Å². The van der Waals surface area contributed by atoms with E-state index >= 15 is 0 Å². The Morgan fingerprint density at radius 2 is 1.94 bits per heavy atom. The van der Waals surface area contributed by atoms with Gasteiger partial charge in [0.2, 0.25) is 0 Å². The lowest BCUT2D eigenvalue weighted by Gasteiger charge is -2.30. The molecule has 1 aliphatic heterocycles. The van der Waals surface area contributed by atoms with Crippen LogP contribution in [0.1, 0.15) is 12.8 Å². The highest BCUT2D eigenvalue weighted by Gasteiger charge is 2.22. The van der Waals surface area contributed by atoms with Gasteiger partial charge in [-0.05, 0) is 25.0 Å². The van der Waals surface area contributed by atoms with Gasteiger partial charge in [0.05, 0.1) is 6.10 Å². The molecule has 5 nitrogen and oxygen atoms in total. The van der Waals surface area contributed by atoms with Crippen LogP contribution >= 0.6 is 0 Å². The monoisotopic (exact) mass is 250 g/mol. The Morgan fingerprint density at radius 3 is 2.56 bits per heavy atom. The van der Waals surface area contributed by atoms with Crippen molar-refractivity contribution in [3.63, 3.8) is 0 Å². The number of piperidine rings is 1. The molecular formula is C13H18N2O3. The van der Waals surface area contributed by atoms with Crippen LogP contribution in [0.15, 0.2) is 30.3 Å². The van der Waals surface area contributed by atoms with Crippen LogP contribution in [0.25, 0.3) is 0 Å². The van der Waals surface area contributed by atoms with E-state index in [1.807, 2.05) is 30.3 Å². The van der Waals surface area contributed by atoms with Crippen molar-refractivity contribution in [2.45, 2.75) is 18.9 Å². The largest absolute Gasteiger partial charge is 0.484 e. The molecule has 0 atom stereocenters. The quantitative estimate of drug-likeness (QED) is 0.808. The van der Waals surface area contributed by atoms with Crippen LogP contribution in [0.4, 0.5) is 0 Å². The molecule has 1 saturated heterocycles. The van der Waals surface area contributed by atoms with Crippen LogP contribution in [0.2, 0.25) is 0 Å². The molecule has 98 valence electrons. The zero-order valence-corrected chi connectivity index (χ0v) is 10.2. The maximum Gasteiger partial charge on any atom is 0.260 e. The van der Waals surface area contributed by atoms with Gasteiger partial charge in [0.25, 0.3) is 5.91 Å². The Bertz CT molecular complexity index is 375. The second-order valence-corrected chi connectivity index (χ2v) is 4.32. The minimum atomic E-state index is 0.00863. The Morgan fingerprint density at radius 1 is 1.28 bits per heavy atom. The number of benzene rings is 1. The summed E-state index contributed by atoms with van der Waals surface area (Å²) in [5, 5.41) is 0. The highest BCUT2D eigenvalue weighted by Crippen LogP contribution is 2.13. The summed E-state index contributed by atoms with van der Waals surface area (Å²) in [4.78, 5) is 18.5. The fourth-order valence-corrected chi connectivity index (χ4v) is 1.99. The molecule has 2 rings (SSSR count). The molecule has 0 unspecified atom stereocenters. The van der Waals surface area contributed by atoms with E-state index in [0.29, 0.717) is 18.8 Å². The van der Waals surface area contributed by atoms with E-state index in [2.05, 4.69) is 0 Å². The summed E-state index contributed by atoms with van der Waals surface area (Å²) in [6.45, 7) is 1.44. The van der Waals surface area contributed by atoms with Crippen LogP contribution in [-0.4, -0.2) is 36.6 Å². The van der Waals surface area contributed by atoms with Crippen molar-refractivity contribution < 1.29 is 14.4 Å². The third-order valence-corrected chi connectivity index (χ3v) is 3.09. The normalized spacial score (nSPS) is 16.6. The molecule has 1 amide bonds. The molecule has 5 heteroatoms. The average Bonchev–Trinajstić information content (AvgIpc) is 2.46. The van der Waals surface area contributed by atoms with Crippen molar-refractivity contribution in [3.05, 3.63) is 30.3 Å². The first-order chi connectivity index (χ1) is 8.79. The van der Waals surface area contributed by atoms with Gasteiger partial charge >= 0.3 is 0 Å². The van der Waals surface area contributed by atoms with Crippen molar-refractivity contribution in [2.75, 3.05) is 19.7 Å². The van der Waals surface area contributed by atoms with E-state index in [9.17, 15) is 4.79 Å². The molecule has 0 radical (unpaired) electrons. The molecule has 0 saturated carbocycles. The summed E-state index contributed by atoms with van der Waals surface area (Å²) >= 11 is 0. The Kier molecular flexibility index (Phi) is 4.55. The number of nitrogens with two attached hydrogens (primary N) is 1. The number of carbonyl (C=O) groups excluding carboxylic acids is 1. The summed E-state index contributed by atoms with van der Waals surface area (Å²) in [7, 11) is 0. The van der Waals surface area contributed by atoms with Crippen LogP contribution in [0.3, 0.4) is 0 Å². The first-order valence-electron chi connectivity index (χ1n) is 6.11. The maximum atomic E-state index is 11.9. The van der Waals surface area contributed by atoms with E-state index in [1.165, 1.54) is 0 Å². The number of para-hydroxylation sites is 1. The van der Waals surface area contributed by atoms with Crippen molar-refractivity contribution in [2.24, 2.45) is 5.90 Å². The first-order valence-corrected chi connectivity index (χ1v) is 6.11. The Hall–Kier alpha value is -1.59. The molecule has 1 aromatic carbocycles. The van der Waals surface area contributed by atoms with Gasteiger partial charge in [-0.3, -0.25) is 4.79 Å². The van der Waals surface area contributed by atoms with Crippen molar-refractivity contribution >= 4 is 5.91 Å². The lowest BCUT2D eigenvalue weighted by Crippen LogP contribution is -2.43. The van der Waals surface area contributed by atoms with Crippen molar-refractivity contribution in [1.29, 1.82) is 0 Å². The van der Waals surface area contributed by atoms with Crippen LogP contribution in [-0.2, 0) is 9.63 Å². The molecule has 1 fully saturated rings. The van der Waals surface area contributed by atoms with E-state index in [-0.39, 0.29) is 18.6 Å². The van der Waals surface area contributed by atoms with E-state index < -0.39 is 0 Å². The molecule has 18 heavy (non-hydrogen) atoms. The van der Waals surface area contributed by atoms with Gasteiger partial charge in [-0.1, -0.05) is 18.2 Å². The minimum Gasteiger partial charge on any atom is -0.484 e. The van der Waals surface area contributed by atoms with Crippen LogP contribution < -0.4 is 10.6 Å². The standard InChI is InChI=1S/C13H18N2O3/c14-18-12-6-8-15(9-7-12)13(16)10-17-11-4-2-1-3-5-11/h1-5,12H,6-10,14H2.